The summed E-state index contributed by atoms with van der Waals surface area (Å²) in [6.45, 7) is 0.224. The van der Waals surface area contributed by atoms with Gasteiger partial charge in [-0.1, -0.05) is 12.1 Å². The molecule has 1 aromatic carbocycles. The van der Waals surface area contributed by atoms with Crippen LogP contribution in [0.1, 0.15) is 12.0 Å². The fourth-order valence-electron chi connectivity index (χ4n) is 2.37. The van der Waals surface area contributed by atoms with Crippen LogP contribution in [0.25, 0.3) is 0 Å². The van der Waals surface area contributed by atoms with Crippen LogP contribution < -0.4 is 10.5 Å². The fraction of sp³-hybridized carbons (Fsp3) is 0.462. The lowest BCUT2D eigenvalue weighted by Crippen LogP contribution is -2.39. The minimum atomic E-state index is -1.11. The van der Waals surface area contributed by atoms with Crippen LogP contribution in [0.5, 0.6) is 5.75 Å². The molecule has 0 unspecified atom stereocenters. The lowest BCUT2D eigenvalue weighted by atomic mass is 10.1. The smallest absolute Gasteiger partial charge is 0.234 e. The van der Waals surface area contributed by atoms with E-state index in [4.69, 9.17) is 10.5 Å². The molecule has 1 aliphatic heterocycles. The predicted molar refractivity (Wildman–Crippen MR) is 65.9 cm³/mol. The molecule has 0 aromatic heterocycles. The molecule has 19 heavy (non-hydrogen) atoms. The molecule has 2 atom stereocenters. The maximum Gasteiger partial charge on any atom is 0.234 e. The Morgan fingerprint density at radius 2 is 2.32 bits per heavy atom. The number of benzene rings is 1. The molecule has 2 N–H and O–H groups in total. The molecule has 1 amide bonds. The monoisotopic (exact) mass is 270 g/mol. The van der Waals surface area contributed by atoms with Gasteiger partial charge < -0.3 is 10.5 Å². The van der Waals surface area contributed by atoms with Crippen molar-refractivity contribution in [2.24, 2.45) is 5.73 Å². The van der Waals surface area contributed by atoms with Crippen molar-refractivity contribution in [3.63, 3.8) is 0 Å². The normalized spacial score (nSPS) is 23.5. The second-order valence-corrected chi connectivity index (χ2v) is 4.61. The number of primary amides is 1. The number of halogens is 2. The van der Waals surface area contributed by atoms with Gasteiger partial charge >= 0.3 is 0 Å². The van der Waals surface area contributed by atoms with Gasteiger partial charge in [0.05, 0.1) is 13.2 Å². The van der Waals surface area contributed by atoms with E-state index >= 15 is 0 Å². The lowest BCUT2D eigenvalue weighted by Gasteiger charge is -2.21. The second kappa shape index (κ2) is 5.52. The summed E-state index contributed by atoms with van der Waals surface area (Å²) in [5.41, 5.74) is 5.59. The Balaban J connectivity index is 2.18. The van der Waals surface area contributed by atoms with Gasteiger partial charge in [0.2, 0.25) is 5.91 Å². The van der Waals surface area contributed by atoms with E-state index in [2.05, 4.69) is 0 Å². The lowest BCUT2D eigenvalue weighted by molar-refractivity contribution is -0.122. The zero-order valence-electron chi connectivity index (χ0n) is 10.6. The number of hydrogen-bond acceptors (Lipinski definition) is 3. The quantitative estimate of drug-likeness (QED) is 0.895. The van der Waals surface area contributed by atoms with Crippen LogP contribution in [0, 0.1) is 5.82 Å². The Morgan fingerprint density at radius 1 is 1.58 bits per heavy atom. The third-order valence-corrected chi connectivity index (χ3v) is 3.32. The summed E-state index contributed by atoms with van der Waals surface area (Å²) in [5, 5.41) is 0. The van der Waals surface area contributed by atoms with Gasteiger partial charge in [0.15, 0.2) is 11.6 Å². The molecule has 0 aliphatic carbocycles. The van der Waals surface area contributed by atoms with Crippen molar-refractivity contribution in [2.45, 2.75) is 25.2 Å². The summed E-state index contributed by atoms with van der Waals surface area (Å²) < 4.78 is 32.2. The number of carbonyl (C=O) groups excluding carboxylic acids is 1. The maximum absolute atomic E-state index is 14.0. The number of carbonyl (C=O) groups is 1. The number of methoxy groups -OCH3 is 1. The van der Waals surface area contributed by atoms with Crippen LogP contribution >= 0.6 is 0 Å². The van der Waals surface area contributed by atoms with Crippen molar-refractivity contribution in [3.05, 3.63) is 29.6 Å². The molecular weight excluding hydrogens is 254 g/mol. The van der Waals surface area contributed by atoms with Gasteiger partial charge in [-0.2, -0.15) is 0 Å². The average Bonchev–Trinajstić information content (AvgIpc) is 2.73. The third kappa shape index (κ3) is 2.84. The van der Waals surface area contributed by atoms with Crippen LogP contribution in [0.15, 0.2) is 18.2 Å². The van der Waals surface area contributed by atoms with E-state index in [0.29, 0.717) is 5.56 Å². The molecule has 0 spiro atoms. The number of likely N-dealkylation sites (tertiary alicyclic amines) is 1. The van der Waals surface area contributed by atoms with Crippen molar-refractivity contribution in [3.8, 4) is 5.75 Å². The molecule has 0 radical (unpaired) electrons. The highest BCUT2D eigenvalue weighted by Gasteiger charge is 2.36. The Labute approximate surface area is 110 Å². The SMILES string of the molecule is COc1cccc(CN2C[C@H](F)C[C@H]2C(N)=O)c1F. The van der Waals surface area contributed by atoms with Crippen molar-refractivity contribution >= 4 is 5.91 Å². The van der Waals surface area contributed by atoms with Crippen LogP contribution in [-0.4, -0.2) is 36.7 Å². The van der Waals surface area contributed by atoms with Crippen LogP contribution in [0.3, 0.4) is 0 Å². The third-order valence-electron chi connectivity index (χ3n) is 3.32. The molecule has 0 saturated carbocycles. The molecule has 1 aromatic rings. The van der Waals surface area contributed by atoms with E-state index in [1.165, 1.54) is 13.2 Å². The van der Waals surface area contributed by atoms with Gasteiger partial charge in [-0.05, 0) is 6.07 Å². The number of rotatable bonds is 4. The zero-order chi connectivity index (χ0) is 14.0. The first kappa shape index (κ1) is 13.7. The second-order valence-electron chi connectivity index (χ2n) is 4.61. The van der Waals surface area contributed by atoms with Crippen LogP contribution in [0.4, 0.5) is 8.78 Å². The molecule has 1 aliphatic rings. The average molecular weight is 270 g/mol. The minimum absolute atomic E-state index is 0.0704. The van der Waals surface area contributed by atoms with E-state index in [1.807, 2.05) is 0 Å². The highest BCUT2D eigenvalue weighted by Crippen LogP contribution is 2.26. The molecular formula is C13H16F2N2O2. The van der Waals surface area contributed by atoms with Gasteiger partial charge in [-0.3, -0.25) is 9.69 Å². The number of amides is 1. The summed E-state index contributed by atoms with van der Waals surface area (Å²) in [6, 6.07) is 4.06. The molecule has 2 rings (SSSR count). The predicted octanol–water partition coefficient (Wildman–Crippen LogP) is 1.23. The van der Waals surface area contributed by atoms with Gasteiger partial charge in [0, 0.05) is 25.1 Å². The molecule has 104 valence electrons. The standard InChI is InChI=1S/C13H16F2N2O2/c1-19-11-4-2-3-8(12(11)15)6-17-7-9(14)5-10(17)13(16)18/h2-4,9-10H,5-7H2,1H3,(H2,16,18)/t9-,10+/m1/s1. The molecule has 4 nitrogen and oxygen atoms in total. The number of hydrogen-bond donors (Lipinski definition) is 1. The van der Waals surface area contributed by atoms with Crippen LogP contribution in [0.2, 0.25) is 0 Å². The van der Waals surface area contributed by atoms with E-state index in [0.717, 1.165) is 0 Å². The summed E-state index contributed by atoms with van der Waals surface area (Å²) in [4.78, 5) is 12.8. The van der Waals surface area contributed by atoms with Gasteiger partial charge in [-0.15, -0.1) is 0 Å². The molecule has 1 heterocycles. The van der Waals surface area contributed by atoms with E-state index < -0.39 is 23.9 Å². The molecule has 1 saturated heterocycles. The number of nitrogens with zero attached hydrogens (tertiary/aromatic N) is 1. The Morgan fingerprint density at radius 3 is 2.95 bits per heavy atom. The topological polar surface area (TPSA) is 55.6 Å². The highest BCUT2D eigenvalue weighted by molar-refractivity contribution is 5.80. The Bertz CT molecular complexity index is 482. The summed E-state index contributed by atoms with van der Waals surface area (Å²) >= 11 is 0. The summed E-state index contributed by atoms with van der Waals surface area (Å²) in [5.74, 6) is -0.942. The number of ether oxygens (including phenoxy) is 1. The Hall–Kier alpha value is -1.69. The largest absolute Gasteiger partial charge is 0.494 e. The van der Waals surface area contributed by atoms with E-state index in [9.17, 15) is 13.6 Å². The maximum atomic E-state index is 14.0. The van der Waals surface area contributed by atoms with E-state index in [1.54, 1.807) is 17.0 Å². The van der Waals surface area contributed by atoms with Crippen molar-refractivity contribution in [2.75, 3.05) is 13.7 Å². The van der Waals surface area contributed by atoms with Gasteiger partial charge in [-0.25, -0.2) is 8.78 Å². The first-order chi connectivity index (χ1) is 9.02. The number of alkyl halides is 1. The van der Waals surface area contributed by atoms with Crippen molar-refractivity contribution in [1.82, 2.24) is 4.90 Å². The molecule has 0 bridgehead atoms. The first-order valence-corrected chi connectivity index (χ1v) is 6.01. The summed E-state index contributed by atoms with van der Waals surface area (Å²) in [7, 11) is 1.38. The Kier molecular flexibility index (Phi) is 3.99. The van der Waals surface area contributed by atoms with E-state index in [-0.39, 0.29) is 25.3 Å². The van der Waals surface area contributed by atoms with Crippen molar-refractivity contribution < 1.29 is 18.3 Å². The number of nitrogens with two attached hydrogens (primary N) is 1. The fourth-order valence-corrected chi connectivity index (χ4v) is 2.37. The van der Waals surface area contributed by atoms with Crippen LogP contribution in [-0.2, 0) is 11.3 Å². The minimum Gasteiger partial charge on any atom is -0.494 e. The highest BCUT2D eigenvalue weighted by atomic mass is 19.1. The zero-order valence-corrected chi connectivity index (χ0v) is 10.6. The summed E-state index contributed by atoms with van der Waals surface area (Å²) in [6.07, 6.45) is -1.04. The first-order valence-electron chi connectivity index (χ1n) is 6.01. The van der Waals surface area contributed by atoms with Gasteiger partial charge in [0.1, 0.15) is 6.17 Å². The molecule has 1 fully saturated rings. The van der Waals surface area contributed by atoms with Gasteiger partial charge in [0.25, 0.3) is 0 Å². The molecule has 6 heteroatoms. The van der Waals surface area contributed by atoms with Crippen molar-refractivity contribution in [1.29, 1.82) is 0 Å².